The van der Waals surface area contributed by atoms with Crippen LogP contribution in [-0.2, 0) is 0 Å². The van der Waals surface area contributed by atoms with Crippen LogP contribution in [0.2, 0.25) is 0 Å². The first-order valence-electron chi connectivity index (χ1n) is 5.88. The van der Waals surface area contributed by atoms with Gasteiger partial charge in [-0.3, -0.25) is 4.98 Å². The van der Waals surface area contributed by atoms with E-state index >= 15 is 0 Å². The fourth-order valence-electron chi connectivity index (χ4n) is 2.13. The second kappa shape index (κ2) is 4.14. The van der Waals surface area contributed by atoms with Crippen molar-refractivity contribution in [3.05, 3.63) is 48.3 Å². The van der Waals surface area contributed by atoms with E-state index in [2.05, 4.69) is 27.5 Å². The Bertz CT molecular complexity index is 695. The molecule has 0 bridgehead atoms. The molecular formula is C14H14N4. The summed E-state index contributed by atoms with van der Waals surface area (Å²) in [4.78, 5) is 4.37. The van der Waals surface area contributed by atoms with Gasteiger partial charge in [0, 0.05) is 24.7 Å². The van der Waals surface area contributed by atoms with E-state index in [1.807, 2.05) is 42.9 Å². The van der Waals surface area contributed by atoms with Crippen molar-refractivity contribution in [2.45, 2.75) is 6.92 Å². The van der Waals surface area contributed by atoms with E-state index in [1.165, 1.54) is 0 Å². The standard InChI is InChI=1S/C14H14N4/c1-10-9-14(15-2)18(17-10)13-7-3-6-12-11(13)5-4-8-16-12/h3-9,15H,1-2H3. The van der Waals surface area contributed by atoms with Crippen LogP contribution in [0.4, 0.5) is 5.82 Å². The molecule has 0 aliphatic carbocycles. The summed E-state index contributed by atoms with van der Waals surface area (Å²) < 4.78 is 1.92. The van der Waals surface area contributed by atoms with E-state index in [-0.39, 0.29) is 0 Å². The average molecular weight is 238 g/mol. The molecule has 90 valence electrons. The number of nitrogens with zero attached hydrogens (tertiary/aromatic N) is 3. The largest absolute Gasteiger partial charge is 0.373 e. The fraction of sp³-hybridized carbons (Fsp3) is 0.143. The Morgan fingerprint density at radius 2 is 2.06 bits per heavy atom. The van der Waals surface area contributed by atoms with Crippen LogP contribution >= 0.6 is 0 Å². The zero-order valence-corrected chi connectivity index (χ0v) is 10.4. The molecule has 0 spiro atoms. The van der Waals surface area contributed by atoms with Gasteiger partial charge in [-0.1, -0.05) is 6.07 Å². The molecule has 1 aromatic carbocycles. The van der Waals surface area contributed by atoms with Crippen molar-refractivity contribution in [1.29, 1.82) is 0 Å². The maximum absolute atomic E-state index is 4.53. The molecule has 4 nitrogen and oxygen atoms in total. The van der Waals surface area contributed by atoms with Crippen LogP contribution < -0.4 is 5.32 Å². The van der Waals surface area contributed by atoms with E-state index in [0.717, 1.165) is 28.1 Å². The molecule has 0 saturated heterocycles. The van der Waals surface area contributed by atoms with Crippen molar-refractivity contribution in [1.82, 2.24) is 14.8 Å². The summed E-state index contributed by atoms with van der Waals surface area (Å²) >= 11 is 0. The van der Waals surface area contributed by atoms with Gasteiger partial charge in [0.15, 0.2) is 0 Å². The van der Waals surface area contributed by atoms with E-state index < -0.39 is 0 Å². The van der Waals surface area contributed by atoms with Crippen molar-refractivity contribution < 1.29 is 0 Å². The number of aryl methyl sites for hydroxylation is 1. The zero-order chi connectivity index (χ0) is 12.5. The highest BCUT2D eigenvalue weighted by molar-refractivity contribution is 5.87. The predicted octanol–water partition coefficient (Wildman–Crippen LogP) is 2.77. The lowest BCUT2D eigenvalue weighted by Crippen LogP contribution is -2.03. The van der Waals surface area contributed by atoms with Gasteiger partial charge in [0.05, 0.1) is 16.9 Å². The van der Waals surface area contributed by atoms with Gasteiger partial charge in [-0.15, -0.1) is 0 Å². The van der Waals surface area contributed by atoms with Crippen LogP contribution in [0.15, 0.2) is 42.6 Å². The van der Waals surface area contributed by atoms with Crippen LogP contribution in [0.5, 0.6) is 0 Å². The number of aromatic nitrogens is 3. The maximum atomic E-state index is 4.53. The molecule has 0 radical (unpaired) electrons. The highest BCUT2D eigenvalue weighted by Crippen LogP contribution is 2.23. The van der Waals surface area contributed by atoms with Gasteiger partial charge in [-0.2, -0.15) is 5.10 Å². The molecule has 0 atom stereocenters. The first-order chi connectivity index (χ1) is 8.79. The minimum Gasteiger partial charge on any atom is -0.373 e. The topological polar surface area (TPSA) is 42.7 Å². The monoisotopic (exact) mass is 238 g/mol. The molecule has 0 amide bonds. The number of nitrogens with one attached hydrogen (secondary N) is 1. The minimum atomic E-state index is 0.976. The molecule has 0 aliphatic rings. The molecule has 1 N–H and O–H groups in total. The summed E-state index contributed by atoms with van der Waals surface area (Å²) in [5.41, 5.74) is 3.00. The minimum absolute atomic E-state index is 0.976. The molecule has 0 aliphatic heterocycles. The van der Waals surface area contributed by atoms with Crippen molar-refractivity contribution in [2.75, 3.05) is 12.4 Å². The summed E-state index contributed by atoms with van der Waals surface area (Å²) in [6.45, 7) is 1.99. The Morgan fingerprint density at radius 3 is 2.89 bits per heavy atom. The number of anilines is 1. The number of pyridine rings is 1. The third-order valence-electron chi connectivity index (χ3n) is 2.94. The molecule has 2 heterocycles. The molecule has 18 heavy (non-hydrogen) atoms. The van der Waals surface area contributed by atoms with Gasteiger partial charge in [-0.25, -0.2) is 4.68 Å². The van der Waals surface area contributed by atoms with Gasteiger partial charge in [-0.05, 0) is 31.2 Å². The zero-order valence-electron chi connectivity index (χ0n) is 10.4. The summed E-state index contributed by atoms with van der Waals surface area (Å²) in [7, 11) is 1.90. The lowest BCUT2D eigenvalue weighted by atomic mass is 10.2. The van der Waals surface area contributed by atoms with Crippen LogP contribution in [-0.4, -0.2) is 21.8 Å². The summed E-state index contributed by atoms with van der Waals surface area (Å²) in [5.74, 6) is 0.976. The van der Waals surface area contributed by atoms with Gasteiger partial charge in [0.1, 0.15) is 5.82 Å². The maximum Gasteiger partial charge on any atom is 0.129 e. The molecule has 4 heteroatoms. The molecule has 0 unspecified atom stereocenters. The number of fused-ring (bicyclic) bond motifs is 1. The summed E-state index contributed by atoms with van der Waals surface area (Å²) in [6, 6.07) is 12.1. The van der Waals surface area contributed by atoms with Gasteiger partial charge < -0.3 is 5.32 Å². The summed E-state index contributed by atoms with van der Waals surface area (Å²) in [5, 5.41) is 8.78. The number of benzene rings is 1. The highest BCUT2D eigenvalue weighted by Gasteiger charge is 2.09. The van der Waals surface area contributed by atoms with E-state index in [9.17, 15) is 0 Å². The van der Waals surface area contributed by atoms with E-state index in [4.69, 9.17) is 0 Å². The molecule has 3 aromatic rings. The number of hydrogen-bond donors (Lipinski definition) is 1. The fourth-order valence-corrected chi connectivity index (χ4v) is 2.13. The second-order valence-electron chi connectivity index (χ2n) is 4.18. The highest BCUT2D eigenvalue weighted by atomic mass is 15.3. The molecular weight excluding hydrogens is 224 g/mol. The van der Waals surface area contributed by atoms with Crippen LogP contribution in [0.1, 0.15) is 5.69 Å². The van der Waals surface area contributed by atoms with Crippen LogP contribution in [0.3, 0.4) is 0 Å². The first kappa shape index (κ1) is 10.8. The van der Waals surface area contributed by atoms with Crippen LogP contribution in [0.25, 0.3) is 16.6 Å². The SMILES string of the molecule is CNc1cc(C)nn1-c1cccc2ncccc12. The predicted molar refractivity (Wildman–Crippen MR) is 73.1 cm³/mol. The summed E-state index contributed by atoms with van der Waals surface area (Å²) in [6.07, 6.45) is 1.80. The lowest BCUT2D eigenvalue weighted by molar-refractivity contribution is 0.873. The molecule has 3 rings (SSSR count). The normalized spacial score (nSPS) is 10.8. The first-order valence-corrected chi connectivity index (χ1v) is 5.88. The van der Waals surface area contributed by atoms with Crippen molar-refractivity contribution in [2.24, 2.45) is 0 Å². The lowest BCUT2D eigenvalue weighted by Gasteiger charge is -2.09. The Hall–Kier alpha value is -2.36. The Balaban J connectivity index is 2.31. The van der Waals surface area contributed by atoms with Gasteiger partial charge in [0.2, 0.25) is 0 Å². The third-order valence-corrected chi connectivity index (χ3v) is 2.94. The van der Waals surface area contributed by atoms with E-state index in [0.29, 0.717) is 0 Å². The van der Waals surface area contributed by atoms with E-state index in [1.54, 1.807) is 6.20 Å². The molecule has 2 aromatic heterocycles. The average Bonchev–Trinajstić information content (AvgIpc) is 2.79. The van der Waals surface area contributed by atoms with Crippen molar-refractivity contribution in [3.8, 4) is 5.69 Å². The Kier molecular flexibility index (Phi) is 2.48. The molecule has 0 saturated carbocycles. The molecule has 0 fully saturated rings. The van der Waals surface area contributed by atoms with Gasteiger partial charge >= 0.3 is 0 Å². The Labute approximate surface area is 105 Å². The smallest absolute Gasteiger partial charge is 0.129 e. The van der Waals surface area contributed by atoms with Gasteiger partial charge in [0.25, 0.3) is 0 Å². The Morgan fingerprint density at radius 1 is 1.17 bits per heavy atom. The second-order valence-corrected chi connectivity index (χ2v) is 4.18. The van der Waals surface area contributed by atoms with Crippen LogP contribution in [0, 0.1) is 6.92 Å². The van der Waals surface area contributed by atoms with Crippen molar-refractivity contribution >= 4 is 16.7 Å². The van der Waals surface area contributed by atoms with Crippen molar-refractivity contribution in [3.63, 3.8) is 0 Å². The third kappa shape index (κ3) is 1.62. The number of rotatable bonds is 2. The number of hydrogen-bond acceptors (Lipinski definition) is 3. The quantitative estimate of drug-likeness (QED) is 0.746.